The topological polar surface area (TPSA) is 196 Å². The average Bonchev–Trinajstić information content (AvgIpc) is 3.93. The normalized spacial score (nSPS) is 17.5. The molecule has 5 amide bonds. The van der Waals surface area contributed by atoms with Crippen LogP contribution in [0.4, 0.5) is 21.9 Å². The van der Waals surface area contributed by atoms with Crippen LogP contribution >= 0.6 is 0 Å². The van der Waals surface area contributed by atoms with E-state index in [0.717, 1.165) is 74.5 Å². The van der Waals surface area contributed by atoms with Crippen molar-refractivity contribution in [2.75, 3.05) is 48.3 Å². The van der Waals surface area contributed by atoms with E-state index in [-0.39, 0.29) is 23.7 Å². The predicted octanol–water partition coefficient (Wildman–Crippen LogP) is 4.72. The highest BCUT2D eigenvalue weighted by atomic mass is 16.5. The zero-order chi connectivity index (χ0) is 40.6. The molecule has 1 aromatic carbocycles. The van der Waals surface area contributed by atoms with Crippen LogP contribution in [0.25, 0.3) is 17.2 Å². The Morgan fingerprint density at radius 3 is 2.59 bits per heavy atom. The van der Waals surface area contributed by atoms with E-state index in [1.165, 1.54) is 0 Å². The number of imide groups is 1. The maximum atomic E-state index is 13.1. The van der Waals surface area contributed by atoms with Gasteiger partial charge in [0, 0.05) is 68.3 Å². The van der Waals surface area contributed by atoms with Crippen LogP contribution in [-0.2, 0) is 28.0 Å². The van der Waals surface area contributed by atoms with Gasteiger partial charge in [0.15, 0.2) is 5.65 Å². The fraction of sp³-hybridized carbons (Fsp3) is 0.439. The number of carbonyl (C=O) groups excluding carboxylic acids is 4. The minimum Gasteiger partial charge on any atom is -0.369 e. The summed E-state index contributed by atoms with van der Waals surface area (Å²) in [5, 5.41) is 16.7. The lowest BCUT2D eigenvalue weighted by molar-refractivity contribution is -0.136. The Hall–Kier alpha value is -6.23. The predicted molar refractivity (Wildman–Crippen MR) is 215 cm³/mol. The molecule has 0 bridgehead atoms. The molecule has 5 aromatic rings. The first kappa shape index (κ1) is 38.6. The molecule has 302 valence electrons. The number of piperazine rings is 1. The molecule has 58 heavy (non-hydrogen) atoms. The molecule has 3 aliphatic rings. The molecule has 0 saturated carbocycles. The summed E-state index contributed by atoms with van der Waals surface area (Å²) < 4.78 is 7.31. The van der Waals surface area contributed by atoms with Gasteiger partial charge in [0.1, 0.15) is 11.7 Å². The minimum absolute atomic E-state index is 0.148. The van der Waals surface area contributed by atoms with Gasteiger partial charge in [-0.2, -0.15) is 10.1 Å². The number of anilines is 3. The van der Waals surface area contributed by atoms with Gasteiger partial charge in [-0.3, -0.25) is 29.6 Å². The molecule has 1 unspecified atom stereocenters. The smallest absolute Gasteiger partial charge is 0.323 e. The van der Waals surface area contributed by atoms with E-state index >= 15 is 0 Å². The number of rotatable bonds is 11. The molecular weight excluding hydrogens is 741 g/mol. The van der Waals surface area contributed by atoms with Crippen LogP contribution in [0.2, 0.25) is 0 Å². The van der Waals surface area contributed by atoms with E-state index in [1.54, 1.807) is 28.0 Å². The summed E-state index contributed by atoms with van der Waals surface area (Å²) in [6.45, 7) is 13.1. The van der Waals surface area contributed by atoms with Crippen molar-refractivity contribution in [2.45, 2.75) is 84.2 Å². The molecule has 0 aliphatic carbocycles. The maximum absolute atomic E-state index is 13.1. The third-order valence-electron chi connectivity index (χ3n) is 11.0. The highest BCUT2D eigenvalue weighted by Crippen LogP contribution is 2.32. The Morgan fingerprint density at radius 2 is 1.81 bits per heavy atom. The van der Waals surface area contributed by atoms with Gasteiger partial charge in [0.05, 0.1) is 35.7 Å². The van der Waals surface area contributed by atoms with Gasteiger partial charge >= 0.3 is 6.03 Å². The third kappa shape index (κ3) is 8.12. The van der Waals surface area contributed by atoms with Crippen LogP contribution in [0, 0.1) is 6.92 Å². The molecule has 7 heterocycles. The number of carbonyl (C=O) groups is 4. The lowest BCUT2D eigenvalue weighted by atomic mass is 9.90. The molecule has 0 spiro atoms. The number of urea groups is 1. The van der Waals surface area contributed by atoms with Crippen LogP contribution in [0.1, 0.15) is 85.9 Å². The van der Waals surface area contributed by atoms with Gasteiger partial charge in [-0.15, -0.1) is 0 Å². The third-order valence-corrected chi connectivity index (χ3v) is 11.0. The number of fused-ring (bicyclic) bond motifs is 2. The number of unbranched alkanes of at least 4 members (excludes halogenated alkanes) is 2. The van der Waals surface area contributed by atoms with E-state index in [0.29, 0.717) is 59.4 Å². The van der Waals surface area contributed by atoms with E-state index < -0.39 is 18.0 Å². The molecule has 8 rings (SSSR count). The summed E-state index contributed by atoms with van der Waals surface area (Å²) in [5.41, 5.74) is 6.36. The van der Waals surface area contributed by atoms with Crippen molar-refractivity contribution in [1.29, 1.82) is 0 Å². The number of amides is 5. The summed E-state index contributed by atoms with van der Waals surface area (Å²) in [7, 11) is 0. The highest BCUT2D eigenvalue weighted by Gasteiger charge is 2.39. The number of aryl methyl sites for hydroxylation is 2. The summed E-state index contributed by atoms with van der Waals surface area (Å²) in [6.07, 6.45) is 9.20. The van der Waals surface area contributed by atoms with Gasteiger partial charge in [-0.05, 0) is 68.1 Å². The van der Waals surface area contributed by atoms with Gasteiger partial charge in [0.25, 0.3) is 5.91 Å². The van der Waals surface area contributed by atoms with Crippen molar-refractivity contribution in [3.05, 3.63) is 77.2 Å². The number of aromatic nitrogens is 6. The van der Waals surface area contributed by atoms with Crippen LogP contribution < -0.4 is 20.9 Å². The summed E-state index contributed by atoms with van der Waals surface area (Å²) >= 11 is 0. The number of nitrogens with zero attached hydrogens (tertiary/aromatic N) is 9. The lowest BCUT2D eigenvalue weighted by Crippen LogP contribution is -2.52. The highest BCUT2D eigenvalue weighted by molar-refractivity contribution is 6.05. The average molecular weight is 789 g/mol. The first-order chi connectivity index (χ1) is 27.9. The van der Waals surface area contributed by atoms with Crippen molar-refractivity contribution in [1.82, 2.24) is 44.8 Å². The number of hydrogen-bond donors (Lipinski definition) is 3. The molecule has 2 saturated heterocycles. The summed E-state index contributed by atoms with van der Waals surface area (Å²) in [4.78, 5) is 70.1. The molecule has 3 aliphatic heterocycles. The maximum Gasteiger partial charge on any atom is 0.323 e. The Kier molecular flexibility index (Phi) is 10.6. The Bertz CT molecular complexity index is 2370. The lowest BCUT2D eigenvalue weighted by Gasteiger charge is -2.36. The monoisotopic (exact) mass is 788 g/mol. The van der Waals surface area contributed by atoms with Gasteiger partial charge in [0.2, 0.25) is 23.5 Å². The van der Waals surface area contributed by atoms with Gasteiger partial charge in [-0.1, -0.05) is 32.3 Å². The van der Waals surface area contributed by atoms with E-state index in [1.807, 2.05) is 31.2 Å². The molecule has 1 atom stereocenters. The second-order valence-electron chi connectivity index (χ2n) is 16.2. The zero-order valence-corrected chi connectivity index (χ0v) is 33.2. The van der Waals surface area contributed by atoms with Crippen molar-refractivity contribution in [3.8, 4) is 11.5 Å². The Labute approximate surface area is 335 Å². The van der Waals surface area contributed by atoms with Crippen molar-refractivity contribution < 1.29 is 23.7 Å². The number of piperidine rings is 1. The first-order valence-electron chi connectivity index (χ1n) is 19.9. The quantitative estimate of drug-likeness (QED) is 0.123. The number of benzene rings is 1. The van der Waals surface area contributed by atoms with E-state index in [9.17, 15) is 19.2 Å². The largest absolute Gasteiger partial charge is 0.369 e. The van der Waals surface area contributed by atoms with Gasteiger partial charge in [-0.25, -0.2) is 14.3 Å². The second-order valence-corrected chi connectivity index (χ2v) is 16.2. The summed E-state index contributed by atoms with van der Waals surface area (Å²) in [6, 6.07) is 8.57. The fourth-order valence-corrected chi connectivity index (χ4v) is 8.08. The SMILES string of the molecule is Cc1cc(NC(=O)Nc2cnc3ccnn3c2C(C)(C)C)cnc1-c1noc(CCCCCN2CCN(c3ccc4c(c3)CN(C3CCC(=O)NC3=O)C4=O)CC2)n1. The fourth-order valence-electron chi connectivity index (χ4n) is 8.08. The van der Waals surface area contributed by atoms with Crippen LogP contribution in [0.3, 0.4) is 0 Å². The van der Waals surface area contributed by atoms with E-state index in [2.05, 4.69) is 77.8 Å². The van der Waals surface area contributed by atoms with Crippen molar-refractivity contribution >= 4 is 46.5 Å². The standard InChI is InChI=1S/C41H48N12O5/c1-25-20-27(45-40(57)46-30-23-42-32-13-14-44-53(32)36(30)41(2,3)4)22-43-35(25)37-48-34(58-49-37)8-6-5-7-15-50-16-18-51(19-17-50)28-9-10-29-26(21-28)24-52(39(29)56)31-11-12-33(54)47-38(31)55/h9-10,13-14,20-23,31H,5-8,11-12,15-19,24H2,1-4H3,(H2,45,46,57)(H,47,54,55). The number of nitrogens with one attached hydrogen (secondary N) is 3. The van der Waals surface area contributed by atoms with Gasteiger partial charge < -0.3 is 25.0 Å². The van der Waals surface area contributed by atoms with Crippen LogP contribution in [0.5, 0.6) is 0 Å². The summed E-state index contributed by atoms with van der Waals surface area (Å²) in [5.74, 6) is 0.157. The Balaban J connectivity index is 0.763. The number of pyridine rings is 1. The first-order valence-corrected chi connectivity index (χ1v) is 19.9. The molecule has 3 N–H and O–H groups in total. The molecule has 17 nitrogen and oxygen atoms in total. The second kappa shape index (κ2) is 16.0. The van der Waals surface area contributed by atoms with Crippen LogP contribution in [0.15, 0.2) is 53.4 Å². The van der Waals surface area contributed by atoms with Crippen molar-refractivity contribution in [2.24, 2.45) is 0 Å². The molecular formula is C41H48N12O5. The molecule has 4 aromatic heterocycles. The minimum atomic E-state index is -0.607. The van der Waals surface area contributed by atoms with Crippen LogP contribution in [-0.4, -0.2) is 102 Å². The number of hydrogen-bond acceptors (Lipinski definition) is 12. The zero-order valence-electron chi connectivity index (χ0n) is 33.2. The molecule has 2 fully saturated rings. The molecule has 17 heteroatoms. The van der Waals surface area contributed by atoms with E-state index in [4.69, 9.17) is 4.52 Å². The molecule has 0 radical (unpaired) electrons. The Morgan fingerprint density at radius 1 is 0.983 bits per heavy atom. The van der Waals surface area contributed by atoms with Crippen molar-refractivity contribution in [3.63, 3.8) is 0 Å².